The molecule has 0 aliphatic carbocycles. The van der Waals surface area contributed by atoms with Crippen LogP contribution in [0.1, 0.15) is 11.1 Å². The molecule has 2 aromatic carbocycles. The van der Waals surface area contributed by atoms with Gasteiger partial charge in [-0.2, -0.15) is 0 Å². The Labute approximate surface area is 118 Å². The summed E-state index contributed by atoms with van der Waals surface area (Å²) >= 11 is 0. The number of ether oxygens (including phenoxy) is 1. The van der Waals surface area contributed by atoms with E-state index < -0.39 is 0 Å². The van der Waals surface area contributed by atoms with Gasteiger partial charge >= 0.3 is 0 Å². The molecule has 3 N–H and O–H groups in total. The molecule has 104 valence electrons. The first-order chi connectivity index (χ1) is 9.58. The minimum atomic E-state index is -0.0659. The average molecular weight is 270 g/mol. The summed E-state index contributed by atoms with van der Waals surface area (Å²) in [5.74, 6) is 0.709. The van der Waals surface area contributed by atoms with Gasteiger partial charge in [-0.1, -0.05) is 12.1 Å². The first-order valence-corrected chi connectivity index (χ1v) is 6.37. The predicted molar refractivity (Wildman–Crippen MR) is 80.9 cm³/mol. The molecule has 0 saturated heterocycles. The zero-order chi connectivity index (χ0) is 14.5. The maximum atomic E-state index is 12.0. The lowest BCUT2D eigenvalue weighted by Gasteiger charge is -2.10. The monoisotopic (exact) mass is 270 g/mol. The highest BCUT2D eigenvalue weighted by Gasteiger charge is 2.07. The van der Waals surface area contributed by atoms with Crippen molar-refractivity contribution in [3.05, 3.63) is 53.6 Å². The molecule has 0 saturated carbocycles. The van der Waals surface area contributed by atoms with Gasteiger partial charge in [0.25, 0.3) is 0 Å². The van der Waals surface area contributed by atoms with Gasteiger partial charge in [0, 0.05) is 11.4 Å². The number of rotatable bonds is 4. The molecule has 4 heteroatoms. The summed E-state index contributed by atoms with van der Waals surface area (Å²) in [4.78, 5) is 12.0. The molecule has 0 aliphatic rings. The van der Waals surface area contributed by atoms with Crippen LogP contribution in [0, 0.1) is 6.92 Å². The van der Waals surface area contributed by atoms with E-state index >= 15 is 0 Å². The molecule has 0 aliphatic heterocycles. The molecule has 0 fully saturated rings. The number of aryl methyl sites for hydroxylation is 1. The van der Waals surface area contributed by atoms with Gasteiger partial charge in [-0.25, -0.2) is 0 Å². The number of nitrogens with one attached hydrogen (secondary N) is 1. The topological polar surface area (TPSA) is 64.3 Å². The summed E-state index contributed by atoms with van der Waals surface area (Å²) in [7, 11) is 1.62. The Morgan fingerprint density at radius 1 is 1.25 bits per heavy atom. The van der Waals surface area contributed by atoms with Crippen molar-refractivity contribution in [3.63, 3.8) is 0 Å². The van der Waals surface area contributed by atoms with E-state index in [9.17, 15) is 4.79 Å². The van der Waals surface area contributed by atoms with Gasteiger partial charge in [-0.3, -0.25) is 4.79 Å². The van der Waals surface area contributed by atoms with Crippen molar-refractivity contribution in [1.82, 2.24) is 0 Å². The summed E-state index contributed by atoms with van der Waals surface area (Å²) < 4.78 is 5.14. The number of hydrogen-bond acceptors (Lipinski definition) is 3. The maximum absolute atomic E-state index is 12.0. The number of carbonyl (C=O) groups excluding carboxylic acids is 1. The number of benzene rings is 2. The minimum Gasteiger partial charge on any atom is -0.497 e. The second-order valence-electron chi connectivity index (χ2n) is 4.65. The molecular weight excluding hydrogens is 252 g/mol. The molecule has 20 heavy (non-hydrogen) atoms. The second kappa shape index (κ2) is 6.10. The van der Waals surface area contributed by atoms with Crippen LogP contribution in [0.4, 0.5) is 11.4 Å². The highest BCUT2D eigenvalue weighted by molar-refractivity contribution is 5.93. The van der Waals surface area contributed by atoms with E-state index in [1.807, 2.05) is 37.3 Å². The third-order valence-corrected chi connectivity index (χ3v) is 3.02. The van der Waals surface area contributed by atoms with Gasteiger partial charge in [0.2, 0.25) is 5.91 Å². The van der Waals surface area contributed by atoms with E-state index in [1.165, 1.54) is 0 Å². The molecule has 0 atom stereocenters. The van der Waals surface area contributed by atoms with Crippen LogP contribution >= 0.6 is 0 Å². The Kier molecular flexibility index (Phi) is 4.25. The lowest BCUT2D eigenvalue weighted by molar-refractivity contribution is -0.115. The van der Waals surface area contributed by atoms with Crippen LogP contribution < -0.4 is 15.8 Å². The molecule has 0 radical (unpaired) electrons. The molecule has 0 aromatic heterocycles. The molecular formula is C16H18N2O2. The third-order valence-electron chi connectivity index (χ3n) is 3.02. The minimum absolute atomic E-state index is 0.0659. The highest BCUT2D eigenvalue weighted by atomic mass is 16.5. The largest absolute Gasteiger partial charge is 0.497 e. The Morgan fingerprint density at radius 3 is 2.70 bits per heavy atom. The van der Waals surface area contributed by atoms with E-state index in [2.05, 4.69) is 5.32 Å². The summed E-state index contributed by atoms with van der Waals surface area (Å²) in [6.07, 6.45) is 0.302. The van der Waals surface area contributed by atoms with Gasteiger partial charge in [-0.15, -0.1) is 0 Å². The van der Waals surface area contributed by atoms with Gasteiger partial charge < -0.3 is 15.8 Å². The fourth-order valence-electron chi connectivity index (χ4n) is 1.99. The van der Waals surface area contributed by atoms with Crippen LogP contribution in [0.25, 0.3) is 0 Å². The van der Waals surface area contributed by atoms with Crippen molar-refractivity contribution in [3.8, 4) is 5.75 Å². The second-order valence-corrected chi connectivity index (χ2v) is 4.65. The van der Waals surface area contributed by atoms with Crippen molar-refractivity contribution in [1.29, 1.82) is 0 Å². The lowest BCUT2D eigenvalue weighted by Crippen LogP contribution is -2.15. The Balaban J connectivity index is 2.05. The zero-order valence-corrected chi connectivity index (χ0v) is 11.6. The SMILES string of the molecule is COc1ccc(NC(=O)Cc2cccc(N)c2)c(C)c1. The van der Waals surface area contributed by atoms with Gasteiger partial charge in [0.1, 0.15) is 5.75 Å². The Bertz CT molecular complexity index is 624. The smallest absolute Gasteiger partial charge is 0.228 e. The van der Waals surface area contributed by atoms with Gasteiger partial charge in [0.05, 0.1) is 13.5 Å². The first kappa shape index (κ1) is 13.9. The number of amides is 1. The summed E-state index contributed by atoms with van der Waals surface area (Å²) in [6.45, 7) is 1.93. The molecule has 0 bridgehead atoms. The molecule has 1 amide bonds. The van der Waals surface area contributed by atoms with Crippen LogP contribution in [0.3, 0.4) is 0 Å². The number of methoxy groups -OCH3 is 1. The fraction of sp³-hybridized carbons (Fsp3) is 0.188. The summed E-state index contributed by atoms with van der Waals surface area (Å²) in [5.41, 5.74) is 9.01. The predicted octanol–water partition coefficient (Wildman–Crippen LogP) is 2.77. The number of hydrogen-bond donors (Lipinski definition) is 2. The maximum Gasteiger partial charge on any atom is 0.228 e. The van der Waals surface area contributed by atoms with Crippen molar-refractivity contribution in [2.45, 2.75) is 13.3 Å². The quantitative estimate of drug-likeness (QED) is 0.840. The fourth-order valence-corrected chi connectivity index (χ4v) is 1.99. The lowest BCUT2D eigenvalue weighted by atomic mass is 10.1. The van der Waals surface area contributed by atoms with Crippen LogP contribution in [-0.2, 0) is 11.2 Å². The number of carbonyl (C=O) groups is 1. The van der Waals surface area contributed by atoms with Crippen molar-refractivity contribution >= 4 is 17.3 Å². The zero-order valence-electron chi connectivity index (χ0n) is 11.6. The first-order valence-electron chi connectivity index (χ1n) is 6.37. The third kappa shape index (κ3) is 3.51. The average Bonchev–Trinajstić information content (AvgIpc) is 2.41. The number of nitrogens with two attached hydrogens (primary N) is 1. The van der Waals surface area contributed by atoms with Gasteiger partial charge in [-0.05, 0) is 48.4 Å². The van der Waals surface area contributed by atoms with Crippen LogP contribution in [-0.4, -0.2) is 13.0 Å². The van der Waals surface area contributed by atoms with Crippen LogP contribution in [0.2, 0.25) is 0 Å². The molecule has 2 aromatic rings. The number of anilines is 2. The molecule has 4 nitrogen and oxygen atoms in total. The Morgan fingerprint density at radius 2 is 2.05 bits per heavy atom. The molecule has 0 unspecified atom stereocenters. The summed E-state index contributed by atoms with van der Waals surface area (Å²) in [6, 6.07) is 12.9. The molecule has 0 heterocycles. The van der Waals surface area contributed by atoms with E-state index in [0.29, 0.717) is 12.1 Å². The van der Waals surface area contributed by atoms with Crippen molar-refractivity contribution < 1.29 is 9.53 Å². The standard InChI is InChI=1S/C16H18N2O2/c1-11-8-14(20-2)6-7-15(11)18-16(19)10-12-4-3-5-13(17)9-12/h3-9H,10,17H2,1-2H3,(H,18,19). The molecule has 2 rings (SSSR count). The van der Waals surface area contributed by atoms with Crippen molar-refractivity contribution in [2.75, 3.05) is 18.2 Å². The highest BCUT2D eigenvalue weighted by Crippen LogP contribution is 2.21. The van der Waals surface area contributed by atoms with E-state index in [0.717, 1.165) is 22.6 Å². The summed E-state index contributed by atoms with van der Waals surface area (Å²) in [5, 5.41) is 2.89. The Hall–Kier alpha value is -2.49. The van der Waals surface area contributed by atoms with Crippen molar-refractivity contribution in [2.24, 2.45) is 0 Å². The normalized spacial score (nSPS) is 10.1. The van der Waals surface area contributed by atoms with E-state index in [1.54, 1.807) is 19.2 Å². The van der Waals surface area contributed by atoms with Gasteiger partial charge in [0.15, 0.2) is 0 Å². The van der Waals surface area contributed by atoms with E-state index in [-0.39, 0.29) is 5.91 Å². The van der Waals surface area contributed by atoms with E-state index in [4.69, 9.17) is 10.5 Å². The van der Waals surface area contributed by atoms with Crippen LogP contribution in [0.5, 0.6) is 5.75 Å². The number of nitrogen functional groups attached to an aromatic ring is 1. The van der Waals surface area contributed by atoms with Crippen LogP contribution in [0.15, 0.2) is 42.5 Å². The molecule has 0 spiro atoms.